The first kappa shape index (κ1) is 23.5. The number of aryl methyl sites for hydroxylation is 1. The number of hydrogen-bond donors (Lipinski definition) is 1. The molecule has 0 saturated carbocycles. The number of amides is 1. The van der Waals surface area contributed by atoms with E-state index in [9.17, 15) is 14.4 Å². The molecule has 4 heterocycles. The van der Waals surface area contributed by atoms with E-state index in [1.54, 1.807) is 11.7 Å². The fourth-order valence-corrected chi connectivity index (χ4v) is 5.51. The number of thiophene rings is 1. The fraction of sp³-hybridized carbons (Fsp3) is 0.619. The standard InChI is InChI=1S/C21H29N5O6S/c1-13-15(12-24-7-6-22-19(24)23-20(28)31-3)33-18-16(13)17(27)25(8-10-30-2)21(29)26(18)11-14-5-4-9-32-14/h14H,4-12H2,1-3H3,(H,22,23,28). The van der Waals surface area contributed by atoms with Crippen molar-refractivity contribution in [2.45, 2.75) is 45.5 Å². The maximum Gasteiger partial charge on any atom is 0.413 e. The van der Waals surface area contributed by atoms with E-state index in [4.69, 9.17) is 9.47 Å². The number of aromatic nitrogens is 2. The first-order valence-electron chi connectivity index (χ1n) is 10.9. The molecular formula is C21H29N5O6S. The first-order chi connectivity index (χ1) is 15.9. The number of rotatable bonds is 7. The molecule has 0 bridgehead atoms. The maximum absolute atomic E-state index is 13.3. The van der Waals surface area contributed by atoms with Gasteiger partial charge in [0.1, 0.15) is 4.83 Å². The Balaban J connectivity index is 1.75. The van der Waals surface area contributed by atoms with E-state index < -0.39 is 6.09 Å². The lowest BCUT2D eigenvalue weighted by Gasteiger charge is -2.19. The molecule has 2 aromatic heterocycles. The molecule has 2 aromatic rings. The van der Waals surface area contributed by atoms with Gasteiger partial charge in [0.05, 0.1) is 51.4 Å². The summed E-state index contributed by atoms with van der Waals surface area (Å²) in [5, 5.41) is 3.18. The van der Waals surface area contributed by atoms with Crippen molar-refractivity contribution < 1.29 is 19.0 Å². The molecule has 180 valence electrons. The summed E-state index contributed by atoms with van der Waals surface area (Å²) in [5.41, 5.74) is 0.179. The summed E-state index contributed by atoms with van der Waals surface area (Å²) in [6.07, 6.45) is 1.21. The summed E-state index contributed by atoms with van der Waals surface area (Å²) in [5.74, 6) is 0.438. The van der Waals surface area contributed by atoms with Gasteiger partial charge in [0.25, 0.3) is 5.56 Å². The van der Waals surface area contributed by atoms with Crippen LogP contribution in [0.2, 0.25) is 0 Å². The Morgan fingerprint density at radius 3 is 2.82 bits per heavy atom. The second-order valence-electron chi connectivity index (χ2n) is 8.05. The predicted octanol–water partition coefficient (Wildman–Crippen LogP) is 0.886. The van der Waals surface area contributed by atoms with Crippen molar-refractivity contribution in [1.29, 1.82) is 0 Å². The van der Waals surface area contributed by atoms with Gasteiger partial charge in [-0.1, -0.05) is 0 Å². The van der Waals surface area contributed by atoms with Crippen LogP contribution in [0.4, 0.5) is 4.79 Å². The second-order valence-corrected chi connectivity index (χ2v) is 9.14. The Labute approximate surface area is 194 Å². The van der Waals surface area contributed by atoms with Gasteiger partial charge in [-0.2, -0.15) is 0 Å². The average molecular weight is 480 g/mol. The number of hydrogen-bond acceptors (Lipinski definition) is 9. The molecule has 0 aromatic carbocycles. The quantitative estimate of drug-likeness (QED) is 0.627. The summed E-state index contributed by atoms with van der Waals surface area (Å²) >= 11 is 1.43. The fourth-order valence-electron chi connectivity index (χ4n) is 4.19. The lowest BCUT2D eigenvalue weighted by Crippen LogP contribution is -2.42. The van der Waals surface area contributed by atoms with E-state index in [2.05, 4.69) is 15.0 Å². The smallest absolute Gasteiger partial charge is 0.413 e. The molecular weight excluding hydrogens is 450 g/mol. The van der Waals surface area contributed by atoms with Crippen LogP contribution in [0.5, 0.6) is 0 Å². The van der Waals surface area contributed by atoms with Crippen molar-refractivity contribution in [2.24, 2.45) is 4.99 Å². The van der Waals surface area contributed by atoms with Gasteiger partial charge >= 0.3 is 11.8 Å². The van der Waals surface area contributed by atoms with Crippen molar-refractivity contribution in [3.63, 3.8) is 0 Å². The molecule has 1 N–H and O–H groups in total. The van der Waals surface area contributed by atoms with Crippen molar-refractivity contribution in [2.75, 3.05) is 40.5 Å². The van der Waals surface area contributed by atoms with Crippen LogP contribution in [0.1, 0.15) is 23.3 Å². The van der Waals surface area contributed by atoms with Gasteiger partial charge < -0.3 is 19.1 Å². The van der Waals surface area contributed by atoms with Crippen LogP contribution in [0.25, 0.3) is 10.2 Å². The lowest BCUT2D eigenvalue weighted by atomic mass is 10.2. The van der Waals surface area contributed by atoms with Gasteiger partial charge in [-0.05, 0) is 25.3 Å². The number of nitrogens with zero attached hydrogens (tertiary/aromatic N) is 4. The van der Waals surface area contributed by atoms with E-state index >= 15 is 0 Å². The Morgan fingerprint density at radius 1 is 1.30 bits per heavy atom. The molecule has 1 saturated heterocycles. The highest BCUT2D eigenvalue weighted by Gasteiger charge is 2.26. The number of alkyl carbamates (subject to hydrolysis) is 1. The zero-order chi connectivity index (χ0) is 23.5. The number of guanidine groups is 1. The van der Waals surface area contributed by atoms with Crippen LogP contribution in [0.15, 0.2) is 14.6 Å². The third-order valence-corrected chi connectivity index (χ3v) is 7.29. The summed E-state index contributed by atoms with van der Waals surface area (Å²) in [6, 6.07) is 0. The van der Waals surface area contributed by atoms with Crippen molar-refractivity contribution >= 4 is 33.6 Å². The van der Waals surface area contributed by atoms with Gasteiger partial charge in [0, 0.05) is 25.1 Å². The molecule has 1 fully saturated rings. The second kappa shape index (κ2) is 10.1. The molecule has 2 aliphatic rings. The van der Waals surface area contributed by atoms with E-state index in [0.29, 0.717) is 49.0 Å². The van der Waals surface area contributed by atoms with E-state index in [-0.39, 0.29) is 30.5 Å². The largest absolute Gasteiger partial charge is 0.453 e. The van der Waals surface area contributed by atoms with Gasteiger partial charge in [-0.25, -0.2) is 9.59 Å². The van der Waals surface area contributed by atoms with Crippen LogP contribution in [0.3, 0.4) is 0 Å². The minimum absolute atomic E-state index is 0.0493. The normalized spacial score (nSPS) is 18.2. The molecule has 1 atom stereocenters. The number of fused-ring (bicyclic) bond motifs is 1. The number of carbonyl (C=O) groups excluding carboxylic acids is 1. The molecule has 0 spiro atoms. The Bertz CT molecular complexity index is 1180. The van der Waals surface area contributed by atoms with Gasteiger partial charge in [-0.15, -0.1) is 11.3 Å². The molecule has 0 radical (unpaired) electrons. The number of nitrogens with one attached hydrogen (secondary N) is 1. The lowest BCUT2D eigenvalue weighted by molar-refractivity contribution is 0.0964. The van der Waals surface area contributed by atoms with Gasteiger partial charge in [0.2, 0.25) is 5.96 Å². The molecule has 1 amide bonds. The van der Waals surface area contributed by atoms with E-state index in [1.807, 2.05) is 11.8 Å². The Morgan fingerprint density at radius 2 is 2.12 bits per heavy atom. The molecule has 4 rings (SSSR count). The zero-order valence-electron chi connectivity index (χ0n) is 19.1. The van der Waals surface area contributed by atoms with Crippen molar-refractivity contribution in [3.05, 3.63) is 31.3 Å². The van der Waals surface area contributed by atoms with Gasteiger partial charge in [-0.3, -0.25) is 24.2 Å². The first-order valence-corrected chi connectivity index (χ1v) is 11.8. The summed E-state index contributed by atoms with van der Waals surface area (Å²) in [6.45, 7) is 5.09. The molecule has 11 nitrogen and oxygen atoms in total. The molecule has 0 aliphatic carbocycles. The predicted molar refractivity (Wildman–Crippen MR) is 124 cm³/mol. The highest BCUT2D eigenvalue weighted by atomic mass is 32.1. The minimum atomic E-state index is -0.583. The summed E-state index contributed by atoms with van der Waals surface area (Å²) in [7, 11) is 2.84. The van der Waals surface area contributed by atoms with Crippen molar-refractivity contribution in [1.82, 2.24) is 19.4 Å². The third kappa shape index (κ3) is 4.68. The van der Waals surface area contributed by atoms with Crippen LogP contribution in [-0.2, 0) is 33.8 Å². The summed E-state index contributed by atoms with van der Waals surface area (Å²) < 4.78 is 18.5. The highest BCUT2D eigenvalue weighted by molar-refractivity contribution is 7.18. The monoisotopic (exact) mass is 479 g/mol. The molecule has 12 heteroatoms. The summed E-state index contributed by atoms with van der Waals surface area (Å²) in [4.78, 5) is 46.1. The van der Waals surface area contributed by atoms with E-state index in [0.717, 1.165) is 23.3 Å². The zero-order valence-corrected chi connectivity index (χ0v) is 19.9. The number of ether oxygens (including phenoxy) is 3. The van der Waals surface area contributed by atoms with Gasteiger partial charge in [0.15, 0.2) is 0 Å². The topological polar surface area (TPSA) is 116 Å². The molecule has 33 heavy (non-hydrogen) atoms. The van der Waals surface area contributed by atoms with Crippen LogP contribution < -0.4 is 16.6 Å². The molecule has 1 unspecified atom stereocenters. The molecule has 2 aliphatic heterocycles. The van der Waals surface area contributed by atoms with Crippen LogP contribution in [0, 0.1) is 6.92 Å². The SMILES string of the molecule is COCCn1c(=O)c2c(C)c(CN3CCN=C3NC(=O)OC)sc2n(CC2CCCO2)c1=O. The highest BCUT2D eigenvalue weighted by Crippen LogP contribution is 2.30. The van der Waals surface area contributed by atoms with E-state index in [1.165, 1.54) is 23.0 Å². The van der Waals surface area contributed by atoms with Crippen LogP contribution >= 0.6 is 11.3 Å². The third-order valence-electron chi connectivity index (χ3n) is 5.99. The number of carbonyl (C=O) groups is 1. The number of methoxy groups -OCH3 is 2. The Hall–Kier alpha value is -2.70. The average Bonchev–Trinajstić information content (AvgIpc) is 3.53. The minimum Gasteiger partial charge on any atom is -0.453 e. The van der Waals surface area contributed by atoms with Crippen molar-refractivity contribution in [3.8, 4) is 0 Å². The maximum atomic E-state index is 13.3. The number of aliphatic imine (C=N–C) groups is 1. The van der Waals surface area contributed by atoms with Crippen LogP contribution in [-0.4, -0.2) is 72.7 Å². The Kier molecular flexibility index (Phi) is 7.15.